The second-order valence-corrected chi connectivity index (χ2v) is 7.31. The SMILES string of the molecule is CC1CC(N)CN(S(=O)(=O)N2CCCCC2)C1. The highest BCUT2D eigenvalue weighted by Crippen LogP contribution is 2.22. The maximum Gasteiger partial charge on any atom is 0.282 e. The highest BCUT2D eigenvalue weighted by Gasteiger charge is 2.35. The number of rotatable bonds is 2. The predicted molar refractivity (Wildman–Crippen MR) is 67.7 cm³/mol. The first-order chi connectivity index (χ1) is 8.00. The third-order valence-corrected chi connectivity index (χ3v) is 5.59. The van der Waals surface area contributed by atoms with Crippen LogP contribution >= 0.6 is 0 Å². The second-order valence-electron chi connectivity index (χ2n) is 5.39. The number of nitrogens with zero attached hydrogens (tertiary/aromatic N) is 2. The Kier molecular flexibility index (Phi) is 4.07. The molecule has 0 aromatic rings. The summed E-state index contributed by atoms with van der Waals surface area (Å²) >= 11 is 0. The van der Waals surface area contributed by atoms with Gasteiger partial charge >= 0.3 is 0 Å². The largest absolute Gasteiger partial charge is 0.326 e. The van der Waals surface area contributed by atoms with Crippen LogP contribution < -0.4 is 5.73 Å². The van der Waals surface area contributed by atoms with E-state index in [-0.39, 0.29) is 6.04 Å². The fourth-order valence-electron chi connectivity index (χ4n) is 2.80. The first kappa shape index (κ1) is 13.3. The number of piperidine rings is 2. The van der Waals surface area contributed by atoms with E-state index in [2.05, 4.69) is 6.92 Å². The lowest BCUT2D eigenvalue weighted by atomic mass is 9.99. The molecule has 2 aliphatic heterocycles. The molecule has 0 amide bonds. The molecular weight excluding hydrogens is 238 g/mol. The molecule has 2 unspecified atom stereocenters. The fourth-order valence-corrected chi connectivity index (χ4v) is 4.67. The van der Waals surface area contributed by atoms with Gasteiger partial charge in [0.05, 0.1) is 0 Å². The molecule has 2 heterocycles. The van der Waals surface area contributed by atoms with E-state index < -0.39 is 10.2 Å². The van der Waals surface area contributed by atoms with Crippen LogP contribution in [0.25, 0.3) is 0 Å². The minimum absolute atomic E-state index is 0.0154. The van der Waals surface area contributed by atoms with E-state index >= 15 is 0 Å². The summed E-state index contributed by atoms with van der Waals surface area (Å²) in [6.07, 6.45) is 4.03. The van der Waals surface area contributed by atoms with Gasteiger partial charge in [0.15, 0.2) is 0 Å². The molecule has 0 spiro atoms. The van der Waals surface area contributed by atoms with Gasteiger partial charge < -0.3 is 5.73 Å². The second kappa shape index (κ2) is 5.22. The Labute approximate surface area is 104 Å². The zero-order valence-electron chi connectivity index (χ0n) is 10.5. The van der Waals surface area contributed by atoms with Crippen molar-refractivity contribution in [3.8, 4) is 0 Å². The predicted octanol–water partition coefficient (Wildman–Crippen LogP) is 0.386. The molecule has 0 aliphatic carbocycles. The maximum atomic E-state index is 12.4. The van der Waals surface area contributed by atoms with Crippen LogP contribution in [-0.4, -0.2) is 49.2 Å². The first-order valence-electron chi connectivity index (χ1n) is 6.51. The molecule has 100 valence electrons. The Hall–Kier alpha value is -0.170. The van der Waals surface area contributed by atoms with Crippen molar-refractivity contribution in [1.29, 1.82) is 0 Å². The summed E-state index contributed by atoms with van der Waals surface area (Å²) in [4.78, 5) is 0. The van der Waals surface area contributed by atoms with Gasteiger partial charge in [0, 0.05) is 32.2 Å². The van der Waals surface area contributed by atoms with Crippen LogP contribution in [0.15, 0.2) is 0 Å². The molecule has 2 aliphatic rings. The Morgan fingerprint density at radius 3 is 2.29 bits per heavy atom. The topological polar surface area (TPSA) is 66.6 Å². The Morgan fingerprint density at radius 1 is 1.06 bits per heavy atom. The van der Waals surface area contributed by atoms with Gasteiger partial charge in [-0.2, -0.15) is 17.0 Å². The van der Waals surface area contributed by atoms with Crippen molar-refractivity contribution in [1.82, 2.24) is 8.61 Å². The Balaban J connectivity index is 2.08. The first-order valence-corrected chi connectivity index (χ1v) is 7.90. The number of hydrogen-bond donors (Lipinski definition) is 1. The van der Waals surface area contributed by atoms with Gasteiger partial charge in [-0.15, -0.1) is 0 Å². The van der Waals surface area contributed by atoms with E-state index in [9.17, 15) is 8.42 Å². The van der Waals surface area contributed by atoms with Gasteiger partial charge in [-0.3, -0.25) is 0 Å². The van der Waals surface area contributed by atoms with Crippen molar-refractivity contribution in [3.63, 3.8) is 0 Å². The number of hydrogen-bond acceptors (Lipinski definition) is 3. The van der Waals surface area contributed by atoms with Gasteiger partial charge in [-0.05, 0) is 25.2 Å². The summed E-state index contributed by atoms with van der Waals surface area (Å²) in [5.41, 5.74) is 5.92. The lowest BCUT2D eigenvalue weighted by Crippen LogP contribution is -2.54. The monoisotopic (exact) mass is 261 g/mol. The molecule has 2 fully saturated rings. The lowest BCUT2D eigenvalue weighted by molar-refractivity contribution is 0.229. The molecule has 17 heavy (non-hydrogen) atoms. The lowest BCUT2D eigenvalue weighted by Gasteiger charge is -2.38. The average molecular weight is 261 g/mol. The minimum atomic E-state index is -3.26. The number of nitrogens with two attached hydrogens (primary N) is 1. The molecule has 0 radical (unpaired) electrons. The molecule has 2 N–H and O–H groups in total. The van der Waals surface area contributed by atoms with Gasteiger partial charge in [0.25, 0.3) is 10.2 Å². The van der Waals surface area contributed by atoms with Crippen molar-refractivity contribution in [2.24, 2.45) is 11.7 Å². The summed E-state index contributed by atoms with van der Waals surface area (Å²) in [5.74, 6) is 0.360. The summed E-state index contributed by atoms with van der Waals surface area (Å²) in [6.45, 7) is 4.50. The van der Waals surface area contributed by atoms with Gasteiger partial charge in [-0.1, -0.05) is 13.3 Å². The summed E-state index contributed by atoms with van der Waals surface area (Å²) in [6, 6.07) is -0.0154. The molecule has 6 heteroatoms. The van der Waals surface area contributed by atoms with E-state index in [1.165, 1.54) is 0 Å². The molecule has 0 saturated carbocycles. The Bertz CT molecular complexity index is 342. The summed E-state index contributed by atoms with van der Waals surface area (Å²) in [5, 5.41) is 0. The molecule has 0 bridgehead atoms. The zero-order chi connectivity index (χ0) is 12.5. The van der Waals surface area contributed by atoms with Gasteiger partial charge in [0.1, 0.15) is 0 Å². The quantitative estimate of drug-likeness (QED) is 0.782. The van der Waals surface area contributed by atoms with Crippen LogP contribution in [0.2, 0.25) is 0 Å². The third kappa shape index (κ3) is 2.99. The molecule has 0 aromatic carbocycles. The van der Waals surface area contributed by atoms with E-state index in [1.807, 2.05) is 0 Å². The summed E-state index contributed by atoms with van der Waals surface area (Å²) in [7, 11) is -3.26. The van der Waals surface area contributed by atoms with Crippen LogP contribution in [0, 0.1) is 5.92 Å². The highest BCUT2D eigenvalue weighted by molar-refractivity contribution is 7.86. The minimum Gasteiger partial charge on any atom is -0.326 e. The molecule has 5 nitrogen and oxygen atoms in total. The van der Waals surface area contributed by atoms with Crippen LogP contribution in [-0.2, 0) is 10.2 Å². The van der Waals surface area contributed by atoms with Crippen molar-refractivity contribution >= 4 is 10.2 Å². The van der Waals surface area contributed by atoms with E-state index in [0.717, 1.165) is 25.7 Å². The van der Waals surface area contributed by atoms with Crippen LogP contribution in [0.3, 0.4) is 0 Å². The highest BCUT2D eigenvalue weighted by atomic mass is 32.2. The standard InChI is InChI=1S/C11H23N3O2S/c1-10-7-11(12)9-14(8-10)17(15,16)13-5-3-2-4-6-13/h10-11H,2-9,12H2,1H3. The Morgan fingerprint density at radius 2 is 1.71 bits per heavy atom. The van der Waals surface area contributed by atoms with Gasteiger partial charge in [-0.25, -0.2) is 0 Å². The van der Waals surface area contributed by atoms with Gasteiger partial charge in [0.2, 0.25) is 0 Å². The van der Waals surface area contributed by atoms with Crippen molar-refractivity contribution in [3.05, 3.63) is 0 Å². The molecule has 2 atom stereocenters. The third-order valence-electron chi connectivity index (χ3n) is 3.63. The molecular formula is C11H23N3O2S. The van der Waals surface area contributed by atoms with Crippen LogP contribution in [0.1, 0.15) is 32.6 Å². The van der Waals surface area contributed by atoms with Crippen LogP contribution in [0.4, 0.5) is 0 Å². The maximum absolute atomic E-state index is 12.4. The zero-order valence-corrected chi connectivity index (χ0v) is 11.3. The molecule has 0 aromatic heterocycles. The fraction of sp³-hybridized carbons (Fsp3) is 1.00. The summed E-state index contributed by atoms with van der Waals surface area (Å²) < 4.78 is 28.1. The van der Waals surface area contributed by atoms with E-state index in [1.54, 1.807) is 8.61 Å². The molecule has 2 saturated heterocycles. The average Bonchev–Trinajstić information content (AvgIpc) is 2.29. The van der Waals surface area contributed by atoms with E-state index in [0.29, 0.717) is 32.1 Å². The van der Waals surface area contributed by atoms with Crippen molar-refractivity contribution < 1.29 is 8.42 Å². The van der Waals surface area contributed by atoms with Crippen LogP contribution in [0.5, 0.6) is 0 Å². The normalized spacial score (nSPS) is 33.8. The van der Waals surface area contributed by atoms with Crippen molar-refractivity contribution in [2.75, 3.05) is 26.2 Å². The smallest absolute Gasteiger partial charge is 0.282 e. The van der Waals surface area contributed by atoms with E-state index in [4.69, 9.17) is 5.73 Å². The van der Waals surface area contributed by atoms with Crippen molar-refractivity contribution in [2.45, 2.75) is 38.6 Å². The molecule has 2 rings (SSSR count).